The lowest BCUT2D eigenvalue weighted by molar-refractivity contribution is -0.268. The molecule has 0 unspecified atom stereocenters. The lowest BCUT2D eigenvalue weighted by atomic mass is 10.5. The Kier molecular flexibility index (Phi) is 8.95. The number of hydrogen-bond donors (Lipinski definition) is 0. The first kappa shape index (κ1) is 15.6. The van der Waals surface area contributed by atoms with Crippen LogP contribution in [0.25, 0.3) is 0 Å². The van der Waals surface area contributed by atoms with Gasteiger partial charge in [-0.2, -0.15) is 4.89 Å². The average molecular weight is 248 g/mol. The van der Waals surface area contributed by atoms with Crippen LogP contribution in [0.2, 0.25) is 0 Å². The molecule has 0 amide bonds. The topological polar surface area (TPSA) is 63.2 Å². The van der Waals surface area contributed by atoms with Gasteiger partial charge in [0.1, 0.15) is 0 Å². The largest absolute Gasteiger partial charge is 0.482 e. The third-order valence-corrected chi connectivity index (χ3v) is 1.46. The van der Waals surface area contributed by atoms with E-state index in [4.69, 9.17) is 14.2 Å². The zero-order chi connectivity index (χ0) is 13.1. The molecule has 0 aliphatic rings. The van der Waals surface area contributed by atoms with Crippen molar-refractivity contribution in [2.75, 3.05) is 26.4 Å². The van der Waals surface area contributed by atoms with Crippen molar-refractivity contribution in [1.82, 2.24) is 0 Å². The van der Waals surface area contributed by atoms with Gasteiger partial charge >= 0.3 is 11.9 Å². The molecule has 0 atom stereocenters. The van der Waals surface area contributed by atoms with Gasteiger partial charge in [-0.3, -0.25) is 4.89 Å². The molecule has 0 saturated carbocycles. The predicted molar refractivity (Wildman–Crippen MR) is 59.6 cm³/mol. The second-order valence-corrected chi connectivity index (χ2v) is 2.69. The smallest absolute Gasteiger partial charge is 0.414 e. The normalized spacial score (nSPS) is 9.41. The van der Waals surface area contributed by atoms with E-state index in [0.29, 0.717) is 19.8 Å². The molecule has 0 aromatic carbocycles. The Morgan fingerprint density at radius 3 is 1.76 bits per heavy atom. The molecule has 0 heterocycles. The fourth-order valence-electron chi connectivity index (χ4n) is 0.931. The predicted octanol–water partition coefficient (Wildman–Crippen LogP) is 1.76. The van der Waals surface area contributed by atoms with Crippen LogP contribution < -0.4 is 0 Å². The van der Waals surface area contributed by atoms with Crippen LogP contribution in [-0.4, -0.2) is 32.4 Å². The number of carbonyl (C=O) groups is 1. The summed E-state index contributed by atoms with van der Waals surface area (Å²) in [6.45, 7) is 8.24. The monoisotopic (exact) mass is 248 g/mol. The molecule has 100 valence electrons. The van der Waals surface area contributed by atoms with Crippen LogP contribution in [0, 0.1) is 0 Å². The highest BCUT2D eigenvalue weighted by atomic mass is 17.2. The third kappa shape index (κ3) is 6.01. The van der Waals surface area contributed by atoms with E-state index in [-0.39, 0.29) is 18.3 Å². The van der Waals surface area contributed by atoms with Crippen molar-refractivity contribution in [3.05, 3.63) is 11.7 Å². The van der Waals surface area contributed by atoms with E-state index in [1.165, 1.54) is 0 Å². The molecule has 0 aromatic rings. The lowest BCUT2D eigenvalue weighted by Crippen LogP contribution is -2.16. The molecule has 0 aliphatic heterocycles. The Labute approximate surface area is 101 Å². The van der Waals surface area contributed by atoms with Gasteiger partial charge in [-0.05, 0) is 27.7 Å². The first-order valence-corrected chi connectivity index (χ1v) is 5.67. The average Bonchev–Trinajstić information content (AvgIpc) is 2.33. The van der Waals surface area contributed by atoms with Gasteiger partial charge in [0.2, 0.25) is 0 Å². The first-order chi connectivity index (χ1) is 8.21. The Bertz CT molecular complexity index is 240. The van der Waals surface area contributed by atoms with Crippen LogP contribution in [0.1, 0.15) is 27.7 Å². The number of ether oxygens (including phenoxy) is 3. The zero-order valence-electron chi connectivity index (χ0n) is 10.8. The van der Waals surface area contributed by atoms with E-state index >= 15 is 0 Å². The Morgan fingerprint density at radius 2 is 1.35 bits per heavy atom. The molecule has 0 aliphatic carbocycles. The number of rotatable bonds is 9. The van der Waals surface area contributed by atoms with Gasteiger partial charge in [-0.15, -0.1) is 0 Å². The summed E-state index contributed by atoms with van der Waals surface area (Å²) in [6.07, 6.45) is 0. The Balaban J connectivity index is 4.82. The summed E-state index contributed by atoms with van der Waals surface area (Å²) in [4.78, 5) is 20.6. The molecule has 0 fully saturated rings. The van der Waals surface area contributed by atoms with E-state index in [9.17, 15) is 4.79 Å². The van der Waals surface area contributed by atoms with Gasteiger partial charge in [0.25, 0.3) is 5.76 Å². The molecule has 0 saturated heterocycles. The second kappa shape index (κ2) is 9.77. The molecule has 0 aromatic heterocycles. The van der Waals surface area contributed by atoms with Gasteiger partial charge in [0.15, 0.2) is 0 Å². The van der Waals surface area contributed by atoms with Crippen LogP contribution in [0.3, 0.4) is 0 Å². The highest BCUT2D eigenvalue weighted by Gasteiger charge is 2.23. The molecule has 0 bridgehead atoms. The summed E-state index contributed by atoms with van der Waals surface area (Å²) in [5.74, 6) is -0.878. The van der Waals surface area contributed by atoms with E-state index in [1.807, 2.05) is 0 Å². The fraction of sp³-hybridized carbons (Fsp3) is 0.727. The van der Waals surface area contributed by atoms with Crippen molar-refractivity contribution in [2.24, 2.45) is 0 Å². The SMILES string of the molecule is CCOOC(=O)C(OCC)=C(OCC)OCC. The molecule has 0 radical (unpaired) electrons. The first-order valence-electron chi connectivity index (χ1n) is 5.67. The summed E-state index contributed by atoms with van der Waals surface area (Å²) >= 11 is 0. The molecular formula is C11H20O6. The highest BCUT2D eigenvalue weighted by molar-refractivity contribution is 5.86. The van der Waals surface area contributed by atoms with Gasteiger partial charge in [-0.25, -0.2) is 4.79 Å². The minimum Gasteiger partial charge on any atom is -0.482 e. The molecular weight excluding hydrogens is 228 g/mol. The van der Waals surface area contributed by atoms with E-state index in [0.717, 1.165) is 0 Å². The number of hydrogen-bond acceptors (Lipinski definition) is 6. The number of carbonyl (C=O) groups excluding carboxylic acids is 1. The van der Waals surface area contributed by atoms with Crippen LogP contribution >= 0.6 is 0 Å². The zero-order valence-corrected chi connectivity index (χ0v) is 10.8. The molecule has 0 rings (SSSR count). The minimum absolute atomic E-state index is 0.0153. The fourth-order valence-corrected chi connectivity index (χ4v) is 0.931. The maximum Gasteiger partial charge on any atom is 0.414 e. The lowest BCUT2D eigenvalue weighted by Gasteiger charge is -2.13. The molecule has 6 nitrogen and oxygen atoms in total. The van der Waals surface area contributed by atoms with Crippen LogP contribution in [0.4, 0.5) is 0 Å². The quantitative estimate of drug-likeness (QED) is 0.268. The third-order valence-electron chi connectivity index (χ3n) is 1.46. The summed E-state index contributed by atoms with van der Waals surface area (Å²) in [5, 5.41) is 0. The van der Waals surface area contributed by atoms with Crippen LogP contribution in [-0.2, 0) is 28.8 Å². The molecule has 0 N–H and O–H groups in total. The summed E-state index contributed by atoms with van der Waals surface area (Å²) < 4.78 is 15.5. The van der Waals surface area contributed by atoms with Crippen molar-refractivity contribution >= 4 is 5.97 Å². The van der Waals surface area contributed by atoms with Crippen molar-refractivity contribution in [2.45, 2.75) is 27.7 Å². The summed E-state index contributed by atoms with van der Waals surface area (Å²) in [5.41, 5.74) is 0. The Hall–Kier alpha value is -1.43. The van der Waals surface area contributed by atoms with Crippen LogP contribution in [0.15, 0.2) is 11.7 Å². The molecule has 0 spiro atoms. The minimum atomic E-state index is -0.773. The van der Waals surface area contributed by atoms with E-state index in [2.05, 4.69) is 9.78 Å². The van der Waals surface area contributed by atoms with Crippen LogP contribution in [0.5, 0.6) is 0 Å². The van der Waals surface area contributed by atoms with E-state index < -0.39 is 5.97 Å². The van der Waals surface area contributed by atoms with Gasteiger partial charge in [0.05, 0.1) is 26.4 Å². The van der Waals surface area contributed by atoms with Gasteiger partial charge in [0, 0.05) is 0 Å². The highest BCUT2D eigenvalue weighted by Crippen LogP contribution is 2.12. The second-order valence-electron chi connectivity index (χ2n) is 2.69. The molecule has 6 heteroatoms. The summed E-state index contributed by atoms with van der Waals surface area (Å²) in [6, 6.07) is 0. The maximum atomic E-state index is 11.6. The van der Waals surface area contributed by atoms with Crippen molar-refractivity contribution in [3.8, 4) is 0 Å². The molecule has 17 heavy (non-hydrogen) atoms. The summed E-state index contributed by atoms with van der Waals surface area (Å²) in [7, 11) is 0. The van der Waals surface area contributed by atoms with Crippen molar-refractivity contribution < 1.29 is 28.8 Å². The van der Waals surface area contributed by atoms with Gasteiger partial charge < -0.3 is 14.2 Å². The standard InChI is InChI=1S/C11H20O6/c1-5-13-9(10(12)17-16-8-4)11(14-6-2)15-7-3/h5-8H2,1-4H3. The Morgan fingerprint density at radius 1 is 0.824 bits per heavy atom. The van der Waals surface area contributed by atoms with Crippen molar-refractivity contribution in [1.29, 1.82) is 0 Å². The van der Waals surface area contributed by atoms with Gasteiger partial charge in [-0.1, -0.05) is 0 Å². The maximum absolute atomic E-state index is 11.6. The van der Waals surface area contributed by atoms with Crippen molar-refractivity contribution in [3.63, 3.8) is 0 Å². The van der Waals surface area contributed by atoms with E-state index in [1.54, 1.807) is 27.7 Å².